The van der Waals surface area contributed by atoms with E-state index < -0.39 is 21.7 Å². The zero-order valence-corrected chi connectivity index (χ0v) is 14.3. The molecule has 0 saturated heterocycles. The van der Waals surface area contributed by atoms with Gasteiger partial charge in [-0.25, -0.2) is 12.8 Å². The van der Waals surface area contributed by atoms with Gasteiger partial charge in [0.05, 0.1) is 4.90 Å². The number of benzene rings is 3. The molecule has 0 aliphatic heterocycles. The number of carbonyl (C=O) groups excluding carboxylic acids is 1. The summed E-state index contributed by atoms with van der Waals surface area (Å²) in [4.78, 5) is 14.3. The van der Waals surface area contributed by atoms with Crippen molar-refractivity contribution in [2.45, 2.75) is 4.90 Å². The Balaban J connectivity index is 1.77. The molecule has 0 bridgehead atoms. The highest BCUT2D eigenvalue weighted by molar-refractivity contribution is 7.89. The Morgan fingerprint density at radius 3 is 2.27 bits per heavy atom. The molecule has 5 nitrogen and oxygen atoms in total. The van der Waals surface area contributed by atoms with E-state index in [2.05, 4.69) is 5.43 Å². The maximum absolute atomic E-state index is 13.9. The number of carbonyl (C=O) groups is 1. The van der Waals surface area contributed by atoms with Gasteiger partial charge in [-0.2, -0.15) is 0 Å². The van der Waals surface area contributed by atoms with Crippen molar-refractivity contribution in [3.05, 3.63) is 90.2 Å². The smallest absolute Gasteiger partial charge is 0.266 e. The summed E-state index contributed by atoms with van der Waals surface area (Å²) in [6.45, 7) is 0. The zero-order chi connectivity index (χ0) is 18.6. The van der Waals surface area contributed by atoms with Crippen molar-refractivity contribution in [1.29, 1.82) is 0 Å². The molecular formula is C19H15FN2O3S. The number of hydrogen-bond acceptors (Lipinski definition) is 3. The van der Waals surface area contributed by atoms with E-state index in [1.54, 1.807) is 48.5 Å². The Hall–Kier alpha value is -3.03. The monoisotopic (exact) mass is 370 g/mol. The second-order valence-electron chi connectivity index (χ2n) is 5.43. The van der Waals surface area contributed by atoms with Crippen LogP contribution in [0.4, 0.5) is 4.39 Å². The fourth-order valence-corrected chi connectivity index (χ4v) is 3.23. The molecule has 0 unspecified atom stereocenters. The van der Waals surface area contributed by atoms with E-state index in [1.807, 2.05) is 4.83 Å². The molecule has 0 heterocycles. The van der Waals surface area contributed by atoms with Crippen LogP contribution >= 0.6 is 0 Å². The molecule has 0 aromatic heterocycles. The van der Waals surface area contributed by atoms with E-state index >= 15 is 0 Å². The van der Waals surface area contributed by atoms with Gasteiger partial charge in [0, 0.05) is 11.1 Å². The van der Waals surface area contributed by atoms with E-state index in [4.69, 9.17) is 0 Å². The molecule has 0 aliphatic rings. The number of rotatable bonds is 5. The molecule has 132 valence electrons. The highest BCUT2D eigenvalue weighted by atomic mass is 32.2. The van der Waals surface area contributed by atoms with Crippen LogP contribution in [0.1, 0.15) is 10.4 Å². The second-order valence-corrected chi connectivity index (χ2v) is 7.12. The summed E-state index contributed by atoms with van der Waals surface area (Å²) in [5, 5.41) is 0. The molecule has 0 aliphatic carbocycles. The fourth-order valence-electron chi connectivity index (χ4n) is 2.37. The lowest BCUT2D eigenvalue weighted by Crippen LogP contribution is -2.41. The van der Waals surface area contributed by atoms with Gasteiger partial charge >= 0.3 is 0 Å². The summed E-state index contributed by atoms with van der Waals surface area (Å²) in [5.41, 5.74) is 3.23. The van der Waals surface area contributed by atoms with Gasteiger partial charge in [0.15, 0.2) is 0 Å². The second kappa shape index (κ2) is 7.47. The molecule has 7 heteroatoms. The Kier molecular flexibility index (Phi) is 5.11. The predicted molar refractivity (Wildman–Crippen MR) is 96.1 cm³/mol. The van der Waals surface area contributed by atoms with Crippen molar-refractivity contribution >= 4 is 15.9 Å². The minimum absolute atomic E-state index is 0.0282. The average Bonchev–Trinajstić information content (AvgIpc) is 2.67. The van der Waals surface area contributed by atoms with Crippen molar-refractivity contribution in [3.8, 4) is 11.1 Å². The van der Waals surface area contributed by atoms with E-state index in [1.165, 1.54) is 30.3 Å². The van der Waals surface area contributed by atoms with Crippen LogP contribution in [0, 0.1) is 5.82 Å². The van der Waals surface area contributed by atoms with Gasteiger partial charge < -0.3 is 0 Å². The minimum atomic E-state index is -3.87. The van der Waals surface area contributed by atoms with Crippen molar-refractivity contribution in [1.82, 2.24) is 10.3 Å². The van der Waals surface area contributed by atoms with Crippen LogP contribution < -0.4 is 10.3 Å². The molecule has 3 aromatic rings. The summed E-state index contributed by atoms with van der Waals surface area (Å²) in [7, 11) is -3.87. The summed E-state index contributed by atoms with van der Waals surface area (Å²) in [5.74, 6) is -1.06. The average molecular weight is 370 g/mol. The first-order valence-corrected chi connectivity index (χ1v) is 9.18. The highest BCUT2D eigenvalue weighted by Crippen LogP contribution is 2.23. The number of hydrazine groups is 1. The Bertz CT molecular complexity index is 1040. The van der Waals surface area contributed by atoms with Crippen LogP contribution in [0.15, 0.2) is 83.8 Å². The molecule has 0 radical (unpaired) electrons. The molecule has 1 amide bonds. The van der Waals surface area contributed by atoms with Crippen LogP contribution in [0.25, 0.3) is 11.1 Å². The zero-order valence-electron chi connectivity index (χ0n) is 13.5. The summed E-state index contributed by atoms with van der Waals surface area (Å²) in [6.07, 6.45) is 0. The van der Waals surface area contributed by atoms with E-state index in [-0.39, 0.29) is 10.5 Å². The van der Waals surface area contributed by atoms with E-state index in [0.717, 1.165) is 0 Å². The number of nitrogens with one attached hydrogen (secondary N) is 2. The molecular weight excluding hydrogens is 355 g/mol. The van der Waals surface area contributed by atoms with Crippen LogP contribution in [0.2, 0.25) is 0 Å². The largest absolute Gasteiger partial charge is 0.273 e. The van der Waals surface area contributed by atoms with Crippen molar-refractivity contribution in [2.24, 2.45) is 0 Å². The molecule has 2 N–H and O–H groups in total. The summed E-state index contributed by atoms with van der Waals surface area (Å²) >= 11 is 0. The van der Waals surface area contributed by atoms with Gasteiger partial charge in [0.2, 0.25) is 0 Å². The number of hydrogen-bond donors (Lipinski definition) is 2. The van der Waals surface area contributed by atoms with E-state index in [9.17, 15) is 17.6 Å². The molecule has 0 saturated carbocycles. The van der Waals surface area contributed by atoms with Gasteiger partial charge in [-0.3, -0.25) is 10.2 Å². The Morgan fingerprint density at radius 2 is 1.54 bits per heavy atom. The normalized spacial score (nSPS) is 11.1. The van der Waals surface area contributed by atoms with Crippen LogP contribution in [0.5, 0.6) is 0 Å². The first-order valence-electron chi connectivity index (χ1n) is 7.69. The first-order chi connectivity index (χ1) is 12.5. The van der Waals surface area contributed by atoms with Gasteiger partial charge in [0.1, 0.15) is 5.82 Å². The maximum Gasteiger partial charge on any atom is 0.266 e. The number of amides is 1. The molecule has 0 fully saturated rings. The molecule has 3 rings (SSSR count). The summed E-state index contributed by atoms with van der Waals surface area (Å²) < 4.78 is 38.2. The highest BCUT2D eigenvalue weighted by Gasteiger charge is 2.15. The third kappa shape index (κ3) is 3.96. The Morgan fingerprint density at radius 1 is 0.846 bits per heavy atom. The third-order valence-corrected chi connectivity index (χ3v) is 4.93. The van der Waals surface area contributed by atoms with Gasteiger partial charge in [-0.05, 0) is 35.9 Å². The first kappa shape index (κ1) is 17.8. The van der Waals surface area contributed by atoms with Crippen molar-refractivity contribution < 1.29 is 17.6 Å². The third-order valence-electron chi connectivity index (χ3n) is 3.66. The quantitative estimate of drug-likeness (QED) is 0.678. The lowest BCUT2D eigenvalue weighted by molar-refractivity contribution is 0.0945. The fraction of sp³-hybridized carbons (Fsp3) is 0. The minimum Gasteiger partial charge on any atom is -0.273 e. The van der Waals surface area contributed by atoms with E-state index in [0.29, 0.717) is 11.1 Å². The molecule has 3 aromatic carbocycles. The summed E-state index contributed by atoms with van der Waals surface area (Å²) in [6, 6.07) is 20.1. The molecule has 26 heavy (non-hydrogen) atoms. The number of sulfonamides is 1. The van der Waals surface area contributed by atoms with Crippen LogP contribution in [0.3, 0.4) is 0 Å². The van der Waals surface area contributed by atoms with Gasteiger partial charge in [-0.15, -0.1) is 4.83 Å². The molecule has 0 spiro atoms. The Labute approximate surface area is 150 Å². The predicted octanol–water partition coefficient (Wildman–Crippen LogP) is 3.12. The lowest BCUT2D eigenvalue weighted by atomic mass is 10.0. The van der Waals surface area contributed by atoms with Crippen molar-refractivity contribution in [2.75, 3.05) is 0 Å². The van der Waals surface area contributed by atoms with Gasteiger partial charge in [-0.1, -0.05) is 48.5 Å². The number of halogens is 1. The maximum atomic E-state index is 13.9. The standard InChI is InChI=1S/C19H15FN2O3S/c20-18-12-5-4-11-17(18)14-7-6-8-15(13-14)19(23)21-22-26(24,25)16-9-2-1-3-10-16/h1-13,22H,(H,21,23). The van der Waals surface area contributed by atoms with Crippen LogP contribution in [-0.2, 0) is 10.0 Å². The SMILES string of the molecule is O=C(NNS(=O)(=O)c1ccccc1)c1cccc(-c2ccccc2F)c1. The molecule has 0 atom stereocenters. The lowest BCUT2D eigenvalue weighted by Gasteiger charge is -2.10. The van der Waals surface area contributed by atoms with Gasteiger partial charge in [0.25, 0.3) is 15.9 Å². The topological polar surface area (TPSA) is 75.3 Å². The van der Waals surface area contributed by atoms with Crippen LogP contribution in [-0.4, -0.2) is 14.3 Å². The van der Waals surface area contributed by atoms with Crippen molar-refractivity contribution in [3.63, 3.8) is 0 Å².